The first-order chi connectivity index (χ1) is 8.97. The number of nitrogens with two attached hydrogens (primary N) is 2. The molecule has 98 valence electrons. The number of hydrogen-bond acceptors (Lipinski definition) is 2. The fourth-order valence-corrected chi connectivity index (χ4v) is 3.24. The Morgan fingerprint density at radius 3 is 2.26 bits per heavy atom. The summed E-state index contributed by atoms with van der Waals surface area (Å²) in [6.07, 6.45) is 1.12. The molecule has 0 saturated carbocycles. The number of nitrogen functional groups attached to an aromatic ring is 2. The van der Waals surface area contributed by atoms with Crippen molar-refractivity contribution in [1.82, 2.24) is 0 Å². The van der Waals surface area contributed by atoms with Gasteiger partial charge in [-0.2, -0.15) is 0 Å². The standard InChI is InChI=1S/C17H20N2/c1-17(2)10-15(11-3-5-12(18)6-4-11)14-9-13(19)7-8-16(14)17/h3-9,15H,10,18-19H2,1-2H3. The van der Waals surface area contributed by atoms with Crippen LogP contribution in [0.3, 0.4) is 0 Å². The normalized spacial score (nSPS) is 20.2. The van der Waals surface area contributed by atoms with Crippen LogP contribution >= 0.6 is 0 Å². The third kappa shape index (κ3) is 1.97. The monoisotopic (exact) mass is 252 g/mol. The lowest BCUT2D eigenvalue weighted by Crippen LogP contribution is -2.12. The zero-order chi connectivity index (χ0) is 13.6. The second kappa shape index (κ2) is 4.02. The Morgan fingerprint density at radius 2 is 1.58 bits per heavy atom. The maximum absolute atomic E-state index is 5.96. The van der Waals surface area contributed by atoms with Gasteiger partial charge in [-0.25, -0.2) is 0 Å². The van der Waals surface area contributed by atoms with Crippen LogP contribution in [0.25, 0.3) is 0 Å². The molecule has 1 aliphatic rings. The summed E-state index contributed by atoms with van der Waals surface area (Å²) in [7, 11) is 0. The second-order valence-corrected chi connectivity index (χ2v) is 6.15. The molecule has 1 unspecified atom stereocenters. The van der Waals surface area contributed by atoms with E-state index < -0.39 is 0 Å². The van der Waals surface area contributed by atoms with Crippen molar-refractivity contribution in [2.24, 2.45) is 0 Å². The Labute approximate surface area is 114 Å². The first-order valence-electron chi connectivity index (χ1n) is 6.73. The summed E-state index contributed by atoms with van der Waals surface area (Å²) in [5, 5.41) is 0. The Balaban J connectivity index is 2.11. The molecular weight excluding hydrogens is 232 g/mol. The number of benzene rings is 2. The van der Waals surface area contributed by atoms with Gasteiger partial charge in [0.2, 0.25) is 0 Å². The summed E-state index contributed by atoms with van der Waals surface area (Å²) in [4.78, 5) is 0. The maximum atomic E-state index is 5.96. The van der Waals surface area contributed by atoms with Crippen molar-refractivity contribution < 1.29 is 0 Å². The van der Waals surface area contributed by atoms with Gasteiger partial charge in [-0.05, 0) is 52.8 Å². The molecule has 0 spiro atoms. The topological polar surface area (TPSA) is 52.0 Å². The molecule has 2 nitrogen and oxygen atoms in total. The van der Waals surface area contributed by atoms with Gasteiger partial charge in [-0.15, -0.1) is 0 Å². The van der Waals surface area contributed by atoms with Crippen molar-refractivity contribution in [2.45, 2.75) is 31.6 Å². The van der Waals surface area contributed by atoms with E-state index in [9.17, 15) is 0 Å². The van der Waals surface area contributed by atoms with Gasteiger partial charge >= 0.3 is 0 Å². The van der Waals surface area contributed by atoms with E-state index >= 15 is 0 Å². The fraction of sp³-hybridized carbons (Fsp3) is 0.294. The SMILES string of the molecule is CC1(C)CC(c2ccc(N)cc2)c2cc(N)ccc21. The van der Waals surface area contributed by atoms with E-state index in [2.05, 4.69) is 38.1 Å². The van der Waals surface area contributed by atoms with E-state index in [1.807, 2.05) is 18.2 Å². The fourth-order valence-electron chi connectivity index (χ4n) is 3.24. The summed E-state index contributed by atoms with van der Waals surface area (Å²) in [6, 6.07) is 14.5. The highest BCUT2D eigenvalue weighted by Gasteiger charge is 2.37. The number of hydrogen-bond donors (Lipinski definition) is 2. The molecule has 2 aromatic carbocycles. The van der Waals surface area contributed by atoms with Gasteiger partial charge in [-0.3, -0.25) is 0 Å². The van der Waals surface area contributed by atoms with E-state index in [0.29, 0.717) is 5.92 Å². The molecule has 0 aliphatic heterocycles. The van der Waals surface area contributed by atoms with Crippen LogP contribution in [0.4, 0.5) is 11.4 Å². The summed E-state index contributed by atoms with van der Waals surface area (Å²) in [6.45, 7) is 4.61. The highest BCUT2D eigenvalue weighted by atomic mass is 14.6. The quantitative estimate of drug-likeness (QED) is 0.761. The van der Waals surface area contributed by atoms with E-state index in [-0.39, 0.29) is 5.41 Å². The van der Waals surface area contributed by atoms with Crippen molar-refractivity contribution in [1.29, 1.82) is 0 Å². The summed E-state index contributed by atoms with van der Waals surface area (Å²) in [5.41, 5.74) is 17.7. The average molecular weight is 252 g/mol. The van der Waals surface area contributed by atoms with Gasteiger partial charge in [0.05, 0.1) is 0 Å². The van der Waals surface area contributed by atoms with Crippen molar-refractivity contribution in [3.05, 3.63) is 59.2 Å². The molecule has 19 heavy (non-hydrogen) atoms. The zero-order valence-electron chi connectivity index (χ0n) is 11.5. The minimum absolute atomic E-state index is 0.203. The Morgan fingerprint density at radius 1 is 0.947 bits per heavy atom. The molecule has 4 N–H and O–H groups in total. The lowest BCUT2D eigenvalue weighted by Gasteiger charge is -2.19. The number of fused-ring (bicyclic) bond motifs is 1. The molecule has 1 aliphatic carbocycles. The van der Waals surface area contributed by atoms with E-state index in [1.165, 1.54) is 16.7 Å². The number of anilines is 2. The Hall–Kier alpha value is -1.96. The highest BCUT2D eigenvalue weighted by Crippen LogP contribution is 2.49. The average Bonchev–Trinajstić information content (AvgIpc) is 2.62. The maximum Gasteiger partial charge on any atom is 0.0317 e. The van der Waals surface area contributed by atoms with Gasteiger partial charge in [0.25, 0.3) is 0 Å². The molecular formula is C17H20N2. The molecule has 0 bridgehead atoms. The van der Waals surface area contributed by atoms with E-state index in [4.69, 9.17) is 11.5 Å². The van der Waals surface area contributed by atoms with Crippen molar-refractivity contribution in [3.8, 4) is 0 Å². The molecule has 0 saturated heterocycles. The molecule has 2 heteroatoms. The second-order valence-electron chi connectivity index (χ2n) is 6.15. The Bertz CT molecular complexity index is 612. The largest absolute Gasteiger partial charge is 0.399 e. The molecule has 3 rings (SSSR count). The van der Waals surface area contributed by atoms with Gasteiger partial charge < -0.3 is 11.5 Å². The van der Waals surface area contributed by atoms with Crippen LogP contribution in [-0.2, 0) is 5.41 Å². The van der Waals surface area contributed by atoms with Crippen molar-refractivity contribution in [2.75, 3.05) is 11.5 Å². The van der Waals surface area contributed by atoms with Gasteiger partial charge in [0, 0.05) is 17.3 Å². The van der Waals surface area contributed by atoms with E-state index in [1.54, 1.807) is 0 Å². The van der Waals surface area contributed by atoms with Crippen LogP contribution in [0.2, 0.25) is 0 Å². The van der Waals surface area contributed by atoms with Gasteiger partial charge in [-0.1, -0.05) is 32.0 Å². The third-order valence-electron chi connectivity index (χ3n) is 4.23. The molecule has 0 heterocycles. The molecule has 0 radical (unpaired) electrons. The predicted octanol–water partition coefficient (Wildman–Crippen LogP) is 3.66. The molecule has 0 fully saturated rings. The smallest absolute Gasteiger partial charge is 0.0317 e. The lowest BCUT2D eigenvalue weighted by molar-refractivity contribution is 0.499. The first kappa shape index (κ1) is 12.1. The van der Waals surface area contributed by atoms with Crippen LogP contribution in [0, 0.1) is 0 Å². The highest BCUT2D eigenvalue weighted by molar-refractivity contribution is 5.55. The Kier molecular flexibility index (Phi) is 2.56. The van der Waals surface area contributed by atoms with Crippen molar-refractivity contribution in [3.63, 3.8) is 0 Å². The first-order valence-corrected chi connectivity index (χ1v) is 6.73. The summed E-state index contributed by atoms with van der Waals surface area (Å²) in [5.74, 6) is 0.425. The summed E-state index contributed by atoms with van der Waals surface area (Å²) >= 11 is 0. The van der Waals surface area contributed by atoms with Crippen LogP contribution in [0.1, 0.15) is 42.9 Å². The predicted molar refractivity (Wildman–Crippen MR) is 81.2 cm³/mol. The van der Waals surface area contributed by atoms with Gasteiger partial charge in [0.1, 0.15) is 0 Å². The van der Waals surface area contributed by atoms with Gasteiger partial charge in [0.15, 0.2) is 0 Å². The zero-order valence-corrected chi connectivity index (χ0v) is 11.5. The van der Waals surface area contributed by atoms with Crippen LogP contribution < -0.4 is 11.5 Å². The van der Waals surface area contributed by atoms with Crippen LogP contribution in [0.15, 0.2) is 42.5 Å². The van der Waals surface area contributed by atoms with E-state index in [0.717, 1.165) is 17.8 Å². The molecule has 0 aromatic heterocycles. The van der Waals surface area contributed by atoms with Crippen molar-refractivity contribution >= 4 is 11.4 Å². The lowest BCUT2D eigenvalue weighted by atomic mass is 9.85. The molecule has 0 amide bonds. The summed E-state index contributed by atoms with van der Waals surface area (Å²) < 4.78 is 0. The molecule has 1 atom stereocenters. The van der Waals surface area contributed by atoms with Crippen LogP contribution in [-0.4, -0.2) is 0 Å². The third-order valence-corrected chi connectivity index (χ3v) is 4.23. The molecule has 2 aromatic rings. The number of rotatable bonds is 1. The van der Waals surface area contributed by atoms with Crippen LogP contribution in [0.5, 0.6) is 0 Å². The minimum atomic E-state index is 0.203. The minimum Gasteiger partial charge on any atom is -0.399 e.